The minimum absolute atomic E-state index is 0.0464. The number of methoxy groups -OCH3 is 1. The molecule has 6 nitrogen and oxygen atoms in total. The molecule has 6 heteroatoms. The third-order valence-electron chi connectivity index (χ3n) is 4.41. The molecule has 0 saturated carbocycles. The summed E-state index contributed by atoms with van der Waals surface area (Å²) in [5.41, 5.74) is 0.715. The summed E-state index contributed by atoms with van der Waals surface area (Å²) in [4.78, 5) is 26.3. The molecule has 1 aromatic rings. The van der Waals surface area contributed by atoms with Gasteiger partial charge in [0.1, 0.15) is 5.75 Å². The van der Waals surface area contributed by atoms with Crippen molar-refractivity contribution >= 4 is 17.6 Å². The quantitative estimate of drug-likeness (QED) is 0.809. The highest BCUT2D eigenvalue weighted by molar-refractivity contribution is 5.94. The molecular formula is C18H26N2O4. The predicted octanol–water partition coefficient (Wildman–Crippen LogP) is 2.30. The maximum absolute atomic E-state index is 12.4. The number of hydrogen-bond acceptors (Lipinski definition) is 5. The molecule has 1 fully saturated rings. The first kappa shape index (κ1) is 18.3. The summed E-state index contributed by atoms with van der Waals surface area (Å²) in [6, 6.07) is 7.04. The summed E-state index contributed by atoms with van der Waals surface area (Å²) in [7, 11) is 1.59. The van der Waals surface area contributed by atoms with Gasteiger partial charge in [-0.1, -0.05) is 6.07 Å². The van der Waals surface area contributed by atoms with Crippen molar-refractivity contribution in [2.45, 2.75) is 32.7 Å². The molecule has 1 aliphatic rings. The van der Waals surface area contributed by atoms with Crippen molar-refractivity contribution in [3.8, 4) is 5.75 Å². The predicted molar refractivity (Wildman–Crippen MR) is 92.0 cm³/mol. The van der Waals surface area contributed by atoms with Crippen LogP contribution in [-0.4, -0.2) is 49.6 Å². The van der Waals surface area contributed by atoms with Gasteiger partial charge in [-0.25, -0.2) is 0 Å². The Balaban J connectivity index is 1.86. The molecular weight excluding hydrogens is 308 g/mol. The van der Waals surface area contributed by atoms with Crippen LogP contribution < -0.4 is 10.1 Å². The molecule has 24 heavy (non-hydrogen) atoms. The molecule has 0 radical (unpaired) electrons. The lowest BCUT2D eigenvalue weighted by atomic mass is 9.96. The molecule has 1 atom stereocenters. The van der Waals surface area contributed by atoms with Gasteiger partial charge in [-0.3, -0.25) is 14.5 Å². The standard InChI is InChI=1S/C18H26N2O4/c1-4-24-18(22)14-8-10-20(11-9-14)13(2)17(21)19-15-6-5-7-16(12-15)23-3/h5-7,12-14H,4,8-11H2,1-3H3,(H,19,21)/t13-/m1/s1. The van der Waals surface area contributed by atoms with Crippen LogP contribution in [0, 0.1) is 5.92 Å². The van der Waals surface area contributed by atoms with Crippen LogP contribution in [0.2, 0.25) is 0 Å². The number of nitrogens with zero attached hydrogens (tertiary/aromatic N) is 1. The lowest BCUT2D eigenvalue weighted by molar-refractivity contribution is -0.149. The van der Waals surface area contributed by atoms with Gasteiger partial charge in [-0.05, 0) is 51.9 Å². The molecule has 1 saturated heterocycles. The summed E-state index contributed by atoms with van der Waals surface area (Å²) in [6.07, 6.45) is 1.46. The molecule has 1 N–H and O–H groups in total. The van der Waals surface area contributed by atoms with Gasteiger partial charge in [0.05, 0.1) is 25.7 Å². The zero-order valence-corrected chi connectivity index (χ0v) is 14.6. The second-order valence-electron chi connectivity index (χ2n) is 5.96. The number of carbonyl (C=O) groups is 2. The minimum Gasteiger partial charge on any atom is -0.497 e. The van der Waals surface area contributed by atoms with E-state index >= 15 is 0 Å². The Hall–Kier alpha value is -2.08. The van der Waals surface area contributed by atoms with Crippen LogP contribution in [0.15, 0.2) is 24.3 Å². The van der Waals surface area contributed by atoms with Crippen LogP contribution in [0.25, 0.3) is 0 Å². The number of hydrogen-bond donors (Lipinski definition) is 1. The Morgan fingerprint density at radius 2 is 2.04 bits per heavy atom. The number of esters is 1. The molecule has 1 aliphatic heterocycles. The van der Waals surface area contributed by atoms with E-state index in [1.807, 2.05) is 32.0 Å². The van der Waals surface area contributed by atoms with E-state index in [0.29, 0.717) is 18.0 Å². The fourth-order valence-corrected chi connectivity index (χ4v) is 2.90. The number of amides is 1. The monoisotopic (exact) mass is 334 g/mol. The highest BCUT2D eigenvalue weighted by Crippen LogP contribution is 2.22. The Bertz CT molecular complexity index is 568. The van der Waals surface area contributed by atoms with Gasteiger partial charge >= 0.3 is 5.97 Å². The summed E-state index contributed by atoms with van der Waals surface area (Å²) in [6.45, 7) is 5.56. The first-order valence-electron chi connectivity index (χ1n) is 8.40. The first-order chi connectivity index (χ1) is 11.5. The van der Waals surface area contributed by atoms with Crippen molar-refractivity contribution in [3.63, 3.8) is 0 Å². The van der Waals surface area contributed by atoms with Gasteiger partial charge in [-0.15, -0.1) is 0 Å². The SMILES string of the molecule is CCOC(=O)C1CCN([C@H](C)C(=O)Nc2cccc(OC)c2)CC1. The van der Waals surface area contributed by atoms with E-state index < -0.39 is 0 Å². The molecule has 1 aromatic carbocycles. The first-order valence-corrected chi connectivity index (χ1v) is 8.40. The van der Waals surface area contributed by atoms with Crippen molar-refractivity contribution < 1.29 is 19.1 Å². The zero-order chi connectivity index (χ0) is 17.5. The Morgan fingerprint density at radius 1 is 1.33 bits per heavy atom. The molecule has 132 valence electrons. The average molecular weight is 334 g/mol. The van der Waals surface area contributed by atoms with Crippen LogP contribution in [-0.2, 0) is 14.3 Å². The zero-order valence-electron chi connectivity index (χ0n) is 14.6. The maximum atomic E-state index is 12.4. The molecule has 0 aromatic heterocycles. The second kappa shape index (κ2) is 8.68. The lowest BCUT2D eigenvalue weighted by Gasteiger charge is -2.34. The van der Waals surface area contributed by atoms with E-state index in [4.69, 9.17) is 9.47 Å². The summed E-state index contributed by atoms with van der Waals surface area (Å²) in [5, 5.41) is 2.92. The largest absolute Gasteiger partial charge is 0.497 e. The fourth-order valence-electron chi connectivity index (χ4n) is 2.90. The van der Waals surface area contributed by atoms with Gasteiger partial charge in [0.2, 0.25) is 5.91 Å². The van der Waals surface area contributed by atoms with Crippen molar-refractivity contribution in [2.75, 3.05) is 32.1 Å². The van der Waals surface area contributed by atoms with E-state index in [0.717, 1.165) is 25.9 Å². The van der Waals surface area contributed by atoms with Crippen molar-refractivity contribution in [1.29, 1.82) is 0 Å². The third kappa shape index (κ3) is 4.71. The van der Waals surface area contributed by atoms with Gasteiger partial charge in [-0.2, -0.15) is 0 Å². The van der Waals surface area contributed by atoms with Crippen LogP contribution in [0.1, 0.15) is 26.7 Å². The summed E-state index contributed by atoms with van der Waals surface area (Å²) < 4.78 is 10.2. The van der Waals surface area contributed by atoms with E-state index in [1.54, 1.807) is 13.2 Å². The molecule has 0 bridgehead atoms. The number of anilines is 1. The summed E-state index contributed by atoms with van der Waals surface area (Å²) >= 11 is 0. The molecule has 0 aliphatic carbocycles. The molecule has 0 unspecified atom stereocenters. The minimum atomic E-state index is -0.251. The number of nitrogens with one attached hydrogen (secondary N) is 1. The normalized spacial score (nSPS) is 17.1. The summed E-state index contributed by atoms with van der Waals surface area (Å²) in [5.74, 6) is 0.481. The molecule has 2 rings (SSSR count). The van der Waals surface area contributed by atoms with Gasteiger partial charge < -0.3 is 14.8 Å². The number of piperidine rings is 1. The van der Waals surface area contributed by atoms with Gasteiger partial charge in [0.25, 0.3) is 0 Å². The third-order valence-corrected chi connectivity index (χ3v) is 4.41. The smallest absolute Gasteiger partial charge is 0.309 e. The topological polar surface area (TPSA) is 67.9 Å². The van der Waals surface area contributed by atoms with E-state index in [-0.39, 0.29) is 23.8 Å². The maximum Gasteiger partial charge on any atom is 0.309 e. The Labute approximate surface area is 143 Å². The molecule has 1 heterocycles. The second-order valence-corrected chi connectivity index (χ2v) is 5.96. The van der Waals surface area contributed by atoms with Crippen LogP contribution in [0.5, 0.6) is 5.75 Å². The number of rotatable bonds is 6. The Morgan fingerprint density at radius 3 is 2.67 bits per heavy atom. The fraction of sp³-hybridized carbons (Fsp3) is 0.556. The van der Waals surface area contributed by atoms with Crippen molar-refractivity contribution in [1.82, 2.24) is 4.90 Å². The van der Waals surface area contributed by atoms with Gasteiger partial charge in [0.15, 0.2) is 0 Å². The molecule has 1 amide bonds. The molecule has 0 spiro atoms. The number of benzene rings is 1. The number of ether oxygens (including phenoxy) is 2. The Kier molecular flexibility index (Phi) is 6.61. The highest BCUT2D eigenvalue weighted by atomic mass is 16.5. The number of carbonyl (C=O) groups excluding carboxylic acids is 2. The van der Waals surface area contributed by atoms with E-state index in [1.165, 1.54) is 0 Å². The van der Waals surface area contributed by atoms with Crippen molar-refractivity contribution in [2.24, 2.45) is 5.92 Å². The average Bonchev–Trinajstić information content (AvgIpc) is 2.61. The lowest BCUT2D eigenvalue weighted by Crippen LogP contribution is -2.47. The van der Waals surface area contributed by atoms with Crippen LogP contribution in [0.4, 0.5) is 5.69 Å². The van der Waals surface area contributed by atoms with Crippen LogP contribution >= 0.6 is 0 Å². The highest BCUT2D eigenvalue weighted by Gasteiger charge is 2.30. The number of likely N-dealkylation sites (tertiary alicyclic amines) is 1. The van der Waals surface area contributed by atoms with E-state index in [9.17, 15) is 9.59 Å². The van der Waals surface area contributed by atoms with E-state index in [2.05, 4.69) is 10.2 Å². The van der Waals surface area contributed by atoms with Crippen molar-refractivity contribution in [3.05, 3.63) is 24.3 Å². The van der Waals surface area contributed by atoms with Crippen LogP contribution in [0.3, 0.4) is 0 Å². The van der Waals surface area contributed by atoms with Gasteiger partial charge in [0, 0.05) is 11.8 Å².